The van der Waals surface area contributed by atoms with Gasteiger partial charge in [0.1, 0.15) is 0 Å². The van der Waals surface area contributed by atoms with Crippen LogP contribution in [0.1, 0.15) is 13.3 Å². The highest BCUT2D eigenvalue weighted by molar-refractivity contribution is 6.19. The Morgan fingerprint density at radius 2 is 2.38 bits per heavy atom. The molecule has 0 radical (unpaired) electrons. The summed E-state index contributed by atoms with van der Waals surface area (Å²) in [5.41, 5.74) is 0. The second-order valence-electron chi connectivity index (χ2n) is 1.44. The smallest absolute Gasteiger partial charge is 0.171 e. The third kappa shape index (κ3) is 2.26. The van der Waals surface area contributed by atoms with Crippen molar-refractivity contribution in [1.82, 2.24) is 0 Å². The summed E-state index contributed by atoms with van der Waals surface area (Å²) in [6, 6.07) is 0. The molecule has 3 heteroatoms. The van der Waals surface area contributed by atoms with Gasteiger partial charge in [-0.1, -0.05) is 6.92 Å². The maximum absolute atomic E-state index is 12.0. The van der Waals surface area contributed by atoms with Crippen LogP contribution in [0.5, 0.6) is 0 Å². The fraction of sp³-hybridized carbons (Fsp3) is 0.800. The molecule has 0 amide bonds. The lowest BCUT2D eigenvalue weighted by Gasteiger charge is -1.96. The van der Waals surface area contributed by atoms with E-state index in [1.165, 1.54) is 0 Å². The van der Waals surface area contributed by atoms with Gasteiger partial charge in [-0.25, -0.2) is 4.39 Å². The Morgan fingerprint density at radius 1 is 1.88 bits per heavy atom. The van der Waals surface area contributed by atoms with Gasteiger partial charge in [0.25, 0.3) is 0 Å². The van der Waals surface area contributed by atoms with Crippen molar-refractivity contribution in [2.45, 2.75) is 19.5 Å². The van der Waals surface area contributed by atoms with Crippen molar-refractivity contribution in [2.75, 3.05) is 5.88 Å². The molecule has 0 N–H and O–H groups in total. The van der Waals surface area contributed by atoms with Crippen LogP contribution in [0.3, 0.4) is 0 Å². The Hall–Kier alpha value is -0.110. The Labute approximate surface area is 52.8 Å². The number of Topliss-reactive ketones (excluding diaryl/α,β-unsaturated/α-hetero) is 1. The van der Waals surface area contributed by atoms with Crippen molar-refractivity contribution in [1.29, 1.82) is 0 Å². The molecule has 0 aliphatic rings. The molecule has 1 atom stereocenters. The van der Waals surface area contributed by atoms with Gasteiger partial charge in [0.2, 0.25) is 0 Å². The number of carbonyl (C=O) groups excluding carboxylic acids is 1. The van der Waals surface area contributed by atoms with Gasteiger partial charge >= 0.3 is 0 Å². The quantitative estimate of drug-likeness (QED) is 0.541. The number of ketones is 1. The van der Waals surface area contributed by atoms with Gasteiger partial charge in [-0.3, -0.25) is 4.79 Å². The topological polar surface area (TPSA) is 17.1 Å². The van der Waals surface area contributed by atoms with Gasteiger partial charge < -0.3 is 0 Å². The summed E-state index contributed by atoms with van der Waals surface area (Å²) in [4.78, 5) is 10.3. The summed E-state index contributed by atoms with van der Waals surface area (Å²) in [6.45, 7) is 1.61. The van der Waals surface area contributed by atoms with Crippen molar-refractivity contribution < 1.29 is 9.18 Å². The maximum Gasteiger partial charge on any atom is 0.171 e. The van der Waals surface area contributed by atoms with Crippen molar-refractivity contribution in [3.63, 3.8) is 0 Å². The molecule has 1 unspecified atom stereocenters. The van der Waals surface area contributed by atoms with Gasteiger partial charge in [0, 0.05) is 6.42 Å². The van der Waals surface area contributed by atoms with Gasteiger partial charge in [0.15, 0.2) is 12.0 Å². The molecular formula is C5H8ClFO. The van der Waals surface area contributed by atoms with E-state index in [9.17, 15) is 9.18 Å². The molecule has 0 aromatic carbocycles. The van der Waals surface area contributed by atoms with E-state index in [1.807, 2.05) is 0 Å². The minimum Gasteiger partial charge on any atom is -0.296 e. The Balaban J connectivity index is 3.46. The van der Waals surface area contributed by atoms with Crippen molar-refractivity contribution in [3.8, 4) is 0 Å². The van der Waals surface area contributed by atoms with Crippen molar-refractivity contribution >= 4 is 17.4 Å². The average Bonchev–Trinajstić information content (AvgIpc) is 1.84. The lowest BCUT2D eigenvalue weighted by atomic mass is 10.2. The number of hydrogen-bond acceptors (Lipinski definition) is 1. The number of alkyl halides is 2. The van der Waals surface area contributed by atoms with Crippen molar-refractivity contribution in [3.05, 3.63) is 0 Å². The molecule has 0 fully saturated rings. The first-order valence-corrected chi connectivity index (χ1v) is 2.98. The summed E-state index contributed by atoms with van der Waals surface area (Å²) < 4.78 is 12.0. The lowest BCUT2D eigenvalue weighted by Crippen LogP contribution is -2.15. The normalized spacial score (nSPS) is 13.4. The highest BCUT2D eigenvalue weighted by Gasteiger charge is 2.11. The Bertz CT molecular complexity index is 84.5. The first-order valence-electron chi connectivity index (χ1n) is 2.45. The standard InChI is InChI=1S/C5H8ClFO/c1-2-5(8)4(7)3-6/h4H,2-3H2,1H3. The highest BCUT2D eigenvalue weighted by atomic mass is 35.5. The van der Waals surface area contributed by atoms with Gasteiger partial charge in [-0.05, 0) is 0 Å². The zero-order valence-electron chi connectivity index (χ0n) is 4.66. The van der Waals surface area contributed by atoms with Crippen LogP contribution < -0.4 is 0 Å². The van der Waals surface area contributed by atoms with E-state index in [0.29, 0.717) is 0 Å². The fourth-order valence-electron chi connectivity index (χ4n) is 0.308. The molecule has 1 nitrogen and oxygen atoms in total. The molecule has 8 heavy (non-hydrogen) atoms. The molecule has 0 spiro atoms. The summed E-state index contributed by atoms with van der Waals surface area (Å²) in [7, 11) is 0. The number of carbonyl (C=O) groups is 1. The lowest BCUT2D eigenvalue weighted by molar-refractivity contribution is -0.122. The summed E-state index contributed by atoms with van der Waals surface area (Å²) in [6.07, 6.45) is -1.23. The zero-order chi connectivity index (χ0) is 6.57. The molecule has 0 saturated carbocycles. The minimum absolute atomic E-state index is 0.216. The molecule has 0 aliphatic heterocycles. The van der Waals surface area contributed by atoms with Crippen LogP contribution in [0.15, 0.2) is 0 Å². The Kier molecular flexibility index (Phi) is 3.79. The van der Waals surface area contributed by atoms with Crippen LogP contribution in [-0.2, 0) is 4.79 Å². The van der Waals surface area contributed by atoms with E-state index in [1.54, 1.807) is 6.92 Å². The average molecular weight is 139 g/mol. The molecule has 0 aliphatic carbocycles. The molecule has 0 aromatic rings. The van der Waals surface area contributed by atoms with Crippen molar-refractivity contribution in [2.24, 2.45) is 0 Å². The Morgan fingerprint density at radius 3 is 2.50 bits per heavy atom. The SMILES string of the molecule is CCC(=O)C(F)CCl. The van der Waals surface area contributed by atoms with E-state index in [2.05, 4.69) is 0 Å². The monoisotopic (exact) mass is 138 g/mol. The third-order valence-electron chi connectivity index (χ3n) is 0.833. The second-order valence-corrected chi connectivity index (χ2v) is 1.75. The largest absolute Gasteiger partial charge is 0.296 e. The first kappa shape index (κ1) is 7.89. The molecular weight excluding hydrogens is 131 g/mol. The fourth-order valence-corrected chi connectivity index (χ4v) is 0.480. The van der Waals surface area contributed by atoms with Crippen LogP contribution in [-0.4, -0.2) is 17.8 Å². The molecule has 0 saturated heterocycles. The van der Waals surface area contributed by atoms with E-state index in [4.69, 9.17) is 11.6 Å². The van der Waals surface area contributed by atoms with Crippen LogP contribution in [0.4, 0.5) is 4.39 Å². The van der Waals surface area contributed by atoms with E-state index in [-0.39, 0.29) is 12.3 Å². The molecule has 0 heterocycles. The predicted octanol–water partition coefficient (Wildman–Crippen LogP) is 1.54. The van der Waals surface area contributed by atoms with Gasteiger partial charge in [-0.2, -0.15) is 0 Å². The molecule has 0 bridgehead atoms. The number of halogens is 2. The van der Waals surface area contributed by atoms with Gasteiger partial charge in [-0.15, -0.1) is 11.6 Å². The highest BCUT2D eigenvalue weighted by Crippen LogP contribution is 1.97. The van der Waals surface area contributed by atoms with Crippen LogP contribution >= 0.6 is 11.6 Å². The van der Waals surface area contributed by atoms with Crippen LogP contribution in [0, 0.1) is 0 Å². The van der Waals surface area contributed by atoms with E-state index >= 15 is 0 Å². The van der Waals surface area contributed by atoms with E-state index < -0.39 is 12.0 Å². The summed E-state index contributed by atoms with van der Waals surface area (Å²) >= 11 is 5.03. The summed E-state index contributed by atoms with van der Waals surface area (Å²) in [5.74, 6) is -0.632. The van der Waals surface area contributed by atoms with Crippen LogP contribution in [0.25, 0.3) is 0 Å². The second kappa shape index (κ2) is 3.84. The van der Waals surface area contributed by atoms with Gasteiger partial charge in [0.05, 0.1) is 5.88 Å². The summed E-state index contributed by atoms with van der Waals surface area (Å²) in [5, 5.41) is 0. The molecule has 48 valence electrons. The molecule has 0 rings (SSSR count). The number of rotatable bonds is 3. The van der Waals surface area contributed by atoms with E-state index in [0.717, 1.165) is 0 Å². The first-order chi connectivity index (χ1) is 3.72. The zero-order valence-corrected chi connectivity index (χ0v) is 5.41. The minimum atomic E-state index is -1.46. The maximum atomic E-state index is 12.0. The number of hydrogen-bond donors (Lipinski definition) is 0. The van der Waals surface area contributed by atoms with Crippen LogP contribution in [0.2, 0.25) is 0 Å². The third-order valence-corrected chi connectivity index (χ3v) is 1.10. The predicted molar refractivity (Wildman–Crippen MR) is 30.9 cm³/mol. The molecule has 0 aromatic heterocycles.